The van der Waals surface area contributed by atoms with Gasteiger partial charge in [-0.3, -0.25) is 0 Å². The third-order valence-electron chi connectivity index (χ3n) is 10.5. The summed E-state index contributed by atoms with van der Waals surface area (Å²) in [5.41, 5.74) is 20.2. The van der Waals surface area contributed by atoms with Crippen molar-refractivity contribution in [1.82, 2.24) is 5.32 Å². The fraction of sp³-hybridized carbons (Fsp3) is 0.529. The van der Waals surface area contributed by atoms with Crippen molar-refractivity contribution in [2.45, 2.75) is 77.0 Å². The van der Waals surface area contributed by atoms with Crippen LogP contribution in [0.4, 0.5) is 0 Å². The van der Waals surface area contributed by atoms with Gasteiger partial charge in [0.05, 0.1) is 67.1 Å². The number of benzene rings is 3. The number of rotatable bonds is 18. The van der Waals surface area contributed by atoms with E-state index in [1.807, 2.05) is 24.3 Å². The molecule has 0 saturated carbocycles. The van der Waals surface area contributed by atoms with Crippen LogP contribution in [-0.4, -0.2) is 106 Å². The second kappa shape index (κ2) is 31.6. The van der Waals surface area contributed by atoms with Gasteiger partial charge in [-0.2, -0.15) is 0 Å². The number of unbranched alkanes of at least 4 members (excludes halogenated alkanes) is 3. The summed E-state index contributed by atoms with van der Waals surface area (Å²) in [5.74, 6) is 3.24. The van der Waals surface area contributed by atoms with E-state index in [-0.39, 0.29) is 6.10 Å². The van der Waals surface area contributed by atoms with Crippen molar-refractivity contribution in [1.29, 1.82) is 0 Å². The molecule has 1 heterocycles. The average molecular weight is 897 g/mol. The molecule has 65 heavy (non-hydrogen) atoms. The van der Waals surface area contributed by atoms with Crippen LogP contribution in [0, 0.1) is 0 Å². The van der Waals surface area contributed by atoms with Gasteiger partial charge < -0.3 is 52.7 Å². The monoisotopic (exact) mass is 896 g/mol. The van der Waals surface area contributed by atoms with Crippen LogP contribution in [0.3, 0.4) is 0 Å². The standard InChI is InChI=1S/C51H68N4O10/c1-56-49-36-43(37-50(57-2)51(49)64-26-12-8-5-9-23-54-55-52)39-53-38-41-13-16-44(17-14-41)45-18-20-46(21-19-45)65-40-42-15-22-47-48(35-42)63-34-32-61-30-28-59-25-11-7-4-3-6-10-24-58-27-29-60-31-33-62-47/h3-4,13-14,16-21,36-37,48,53H,5-12,23-35,38-40H2,1-2H3/b4-3-. The van der Waals surface area contributed by atoms with Crippen molar-refractivity contribution in [3.05, 3.63) is 117 Å². The SMILES string of the molecule is COc1cc(CNCc2ccc(-c3ccc(OCC4=C=C=C5OCCOCCOCCC/C=C\CCCOCCOCCOC5C4)cc3)cc2)cc(OC)c1OCCCCCCN=[N+]=[N-]. The molecule has 0 bridgehead atoms. The van der Waals surface area contributed by atoms with Crippen molar-refractivity contribution < 1.29 is 47.4 Å². The zero-order chi connectivity index (χ0) is 45.4. The molecule has 1 atom stereocenters. The quantitative estimate of drug-likeness (QED) is 0.0324. The molecule has 3 aromatic rings. The molecule has 1 N–H and O–H groups in total. The molecule has 0 amide bonds. The maximum absolute atomic E-state index is 8.41. The smallest absolute Gasteiger partial charge is 0.203 e. The van der Waals surface area contributed by atoms with Crippen LogP contribution in [-0.2, 0) is 41.5 Å². The van der Waals surface area contributed by atoms with E-state index in [4.69, 9.17) is 52.9 Å². The molecule has 3 aromatic carbocycles. The van der Waals surface area contributed by atoms with Crippen molar-refractivity contribution in [3.8, 4) is 34.1 Å². The molecule has 2 aliphatic rings. The predicted molar refractivity (Wildman–Crippen MR) is 251 cm³/mol. The Morgan fingerprint density at radius 2 is 1.28 bits per heavy atom. The Kier molecular flexibility index (Phi) is 24.7. The molecule has 1 aliphatic heterocycles. The summed E-state index contributed by atoms with van der Waals surface area (Å²) in [6, 6.07) is 20.6. The summed E-state index contributed by atoms with van der Waals surface area (Å²) < 4.78 is 58.8. The highest BCUT2D eigenvalue weighted by molar-refractivity contribution is 5.64. The largest absolute Gasteiger partial charge is 0.493 e. The molecular formula is C51H68N4O10. The zero-order valence-electron chi connectivity index (χ0n) is 38.4. The van der Waals surface area contributed by atoms with Gasteiger partial charge in [0.15, 0.2) is 17.3 Å². The lowest BCUT2D eigenvalue weighted by molar-refractivity contribution is -0.0257. The fourth-order valence-corrected chi connectivity index (χ4v) is 7.02. The first kappa shape index (κ1) is 50.8. The minimum absolute atomic E-state index is 0.328. The van der Waals surface area contributed by atoms with Crippen LogP contribution in [0.2, 0.25) is 0 Å². The molecule has 1 unspecified atom stereocenters. The topological polar surface area (TPSA) is 153 Å². The van der Waals surface area contributed by atoms with E-state index in [0.29, 0.717) is 115 Å². The van der Waals surface area contributed by atoms with Gasteiger partial charge in [-0.15, -0.1) is 0 Å². The summed E-state index contributed by atoms with van der Waals surface area (Å²) in [7, 11) is 3.27. The van der Waals surface area contributed by atoms with Crippen LogP contribution in [0.25, 0.3) is 21.6 Å². The fourth-order valence-electron chi connectivity index (χ4n) is 7.02. The van der Waals surface area contributed by atoms with Crippen LogP contribution < -0.4 is 24.3 Å². The number of fused-ring (bicyclic) bond motifs is 1. The molecule has 0 radical (unpaired) electrons. The number of methoxy groups -OCH3 is 2. The normalized spacial score (nSPS) is 17.7. The number of nitrogens with one attached hydrogen (secondary N) is 1. The molecule has 352 valence electrons. The maximum Gasteiger partial charge on any atom is 0.203 e. The van der Waals surface area contributed by atoms with Gasteiger partial charge in [0.1, 0.15) is 25.1 Å². The van der Waals surface area contributed by atoms with Crippen LogP contribution >= 0.6 is 0 Å². The van der Waals surface area contributed by atoms with Crippen molar-refractivity contribution in [2.75, 3.05) is 100 Å². The highest BCUT2D eigenvalue weighted by atomic mass is 16.6. The minimum Gasteiger partial charge on any atom is -0.493 e. The predicted octanol–water partition coefficient (Wildman–Crippen LogP) is 9.86. The van der Waals surface area contributed by atoms with E-state index in [2.05, 4.69) is 75.4 Å². The molecule has 1 aliphatic carbocycles. The van der Waals surface area contributed by atoms with Crippen molar-refractivity contribution in [3.63, 3.8) is 0 Å². The third kappa shape index (κ3) is 19.8. The van der Waals surface area contributed by atoms with Gasteiger partial charge in [0.2, 0.25) is 5.75 Å². The molecule has 5 rings (SSSR count). The van der Waals surface area contributed by atoms with E-state index in [1.54, 1.807) is 14.2 Å². The minimum atomic E-state index is -0.328. The van der Waals surface area contributed by atoms with Gasteiger partial charge in [-0.25, -0.2) is 0 Å². The van der Waals surface area contributed by atoms with Gasteiger partial charge in [-0.05, 0) is 96.3 Å². The van der Waals surface area contributed by atoms with Crippen LogP contribution in [0.1, 0.15) is 68.9 Å². The van der Waals surface area contributed by atoms with Gasteiger partial charge in [-0.1, -0.05) is 72.2 Å². The first-order chi connectivity index (χ1) is 32.2. The molecule has 14 nitrogen and oxygen atoms in total. The first-order valence-corrected chi connectivity index (χ1v) is 23.0. The van der Waals surface area contributed by atoms with E-state index in [9.17, 15) is 0 Å². The van der Waals surface area contributed by atoms with Crippen LogP contribution in [0.15, 0.2) is 101 Å². The lowest BCUT2D eigenvalue weighted by Gasteiger charge is -2.22. The highest BCUT2D eigenvalue weighted by Gasteiger charge is 2.22. The number of nitrogens with zero attached hydrogens (tertiary/aromatic N) is 3. The molecule has 0 fully saturated rings. The number of hydrogen-bond donors (Lipinski definition) is 1. The maximum atomic E-state index is 8.41. The summed E-state index contributed by atoms with van der Waals surface area (Å²) in [6.07, 6.45) is 12.4. The van der Waals surface area contributed by atoms with E-state index in [0.717, 1.165) is 92.6 Å². The molecule has 0 saturated heterocycles. The Morgan fingerprint density at radius 1 is 0.677 bits per heavy atom. The van der Waals surface area contributed by atoms with E-state index >= 15 is 0 Å². The van der Waals surface area contributed by atoms with Gasteiger partial charge in [0, 0.05) is 49.8 Å². The van der Waals surface area contributed by atoms with E-state index in [1.165, 1.54) is 5.56 Å². The average Bonchev–Trinajstić information content (AvgIpc) is 3.33. The number of azide groups is 1. The lowest BCUT2D eigenvalue weighted by Crippen LogP contribution is -2.24. The van der Waals surface area contributed by atoms with E-state index < -0.39 is 0 Å². The highest BCUT2D eigenvalue weighted by Crippen LogP contribution is 2.39. The second-order valence-corrected chi connectivity index (χ2v) is 15.5. The molecule has 0 aromatic heterocycles. The number of hydrogen-bond acceptors (Lipinski definition) is 12. The Labute approximate surface area is 385 Å². The third-order valence-corrected chi connectivity index (χ3v) is 10.5. The van der Waals surface area contributed by atoms with Crippen LogP contribution in [0.5, 0.6) is 23.0 Å². The first-order valence-electron chi connectivity index (χ1n) is 23.0. The summed E-state index contributed by atoms with van der Waals surface area (Å²) in [5, 5.41) is 7.12. The number of allylic oxidation sites excluding steroid dienone is 2. The van der Waals surface area contributed by atoms with Crippen molar-refractivity contribution >= 4 is 0 Å². The van der Waals surface area contributed by atoms with Gasteiger partial charge >= 0.3 is 0 Å². The summed E-state index contributed by atoms with van der Waals surface area (Å²) >= 11 is 0. The zero-order valence-corrected chi connectivity index (χ0v) is 38.4. The Balaban J connectivity index is 1.06. The Morgan fingerprint density at radius 3 is 1.94 bits per heavy atom. The summed E-state index contributed by atoms with van der Waals surface area (Å²) in [6.45, 7) is 8.04. The second-order valence-electron chi connectivity index (χ2n) is 15.5. The molecule has 14 heteroatoms. The van der Waals surface area contributed by atoms with Gasteiger partial charge in [0.25, 0.3) is 0 Å². The lowest BCUT2D eigenvalue weighted by atomic mass is 10.0. The van der Waals surface area contributed by atoms with Crippen molar-refractivity contribution in [2.24, 2.45) is 5.11 Å². The Bertz CT molecular complexity index is 1960. The molecule has 0 spiro atoms. The number of ether oxygens (including phenoxy) is 10. The Hall–Kier alpha value is -5.23. The summed E-state index contributed by atoms with van der Waals surface area (Å²) in [4.78, 5) is 2.80. The molecular weight excluding hydrogens is 829 g/mol.